The van der Waals surface area contributed by atoms with Crippen LogP contribution in [0.2, 0.25) is 0 Å². The number of sulfone groups is 1. The zero-order valence-electron chi connectivity index (χ0n) is 13.7. The summed E-state index contributed by atoms with van der Waals surface area (Å²) in [5.74, 6) is -0.334. The molecule has 2 heterocycles. The highest BCUT2D eigenvalue weighted by atomic mass is 35.5. The van der Waals surface area contributed by atoms with Crippen LogP contribution in [-0.2, 0) is 9.84 Å². The van der Waals surface area contributed by atoms with Crippen LogP contribution in [0.5, 0.6) is 0 Å². The number of fused-ring (bicyclic) bond motifs is 2. The lowest BCUT2D eigenvalue weighted by atomic mass is 10.1. The molecule has 0 aromatic heterocycles. The fraction of sp³-hybridized carbons (Fsp3) is 0.533. The number of hydrogen-bond acceptors (Lipinski definition) is 6. The summed E-state index contributed by atoms with van der Waals surface area (Å²) in [7, 11) is -3.65. The summed E-state index contributed by atoms with van der Waals surface area (Å²) in [6, 6.07) is 3.53. The van der Waals surface area contributed by atoms with Crippen molar-refractivity contribution in [2.75, 3.05) is 19.3 Å². The van der Waals surface area contributed by atoms with Gasteiger partial charge >= 0.3 is 0 Å². The zero-order valence-corrected chi connectivity index (χ0v) is 15.3. The van der Waals surface area contributed by atoms with Gasteiger partial charge in [0.25, 0.3) is 11.6 Å². The number of nitro benzene ring substituents is 1. The van der Waals surface area contributed by atoms with E-state index in [1.807, 2.05) is 0 Å². The minimum atomic E-state index is -3.65. The van der Waals surface area contributed by atoms with Crippen molar-refractivity contribution >= 4 is 33.8 Å². The predicted molar refractivity (Wildman–Crippen MR) is 93.9 cm³/mol. The number of hydrogen-bond donors (Lipinski definition) is 1. The summed E-state index contributed by atoms with van der Waals surface area (Å²) in [5.41, 5.74) is -0.329. The van der Waals surface area contributed by atoms with Gasteiger partial charge in [0, 0.05) is 42.6 Å². The first-order valence-electron chi connectivity index (χ1n) is 7.80. The Kier molecular flexibility index (Phi) is 5.70. The van der Waals surface area contributed by atoms with Crippen LogP contribution in [0.25, 0.3) is 0 Å². The molecule has 2 fully saturated rings. The molecule has 8 nitrogen and oxygen atoms in total. The summed E-state index contributed by atoms with van der Waals surface area (Å²) < 4.78 is 23.6. The Hall–Kier alpha value is -1.71. The lowest BCUT2D eigenvalue weighted by Gasteiger charge is -2.28. The average molecular weight is 390 g/mol. The van der Waals surface area contributed by atoms with Gasteiger partial charge in [-0.05, 0) is 31.9 Å². The molecule has 2 bridgehead atoms. The minimum Gasteiger partial charge on any atom is -0.331 e. The normalized spacial score (nSPS) is 22.8. The lowest BCUT2D eigenvalue weighted by Crippen LogP contribution is -2.42. The molecule has 25 heavy (non-hydrogen) atoms. The molecule has 2 aliphatic rings. The molecule has 0 spiro atoms. The molecule has 2 aliphatic heterocycles. The van der Waals surface area contributed by atoms with Crippen LogP contribution in [0.1, 0.15) is 29.6 Å². The second-order valence-electron chi connectivity index (χ2n) is 6.34. The van der Waals surface area contributed by atoms with Crippen molar-refractivity contribution in [2.24, 2.45) is 0 Å². The van der Waals surface area contributed by atoms with E-state index in [0.29, 0.717) is 6.54 Å². The van der Waals surface area contributed by atoms with Crippen LogP contribution in [0.3, 0.4) is 0 Å². The van der Waals surface area contributed by atoms with Crippen molar-refractivity contribution in [3.05, 3.63) is 33.9 Å². The largest absolute Gasteiger partial charge is 0.331 e. The molecule has 0 saturated carbocycles. The Morgan fingerprint density at radius 3 is 2.56 bits per heavy atom. The molecular weight excluding hydrogens is 370 g/mol. The third-order valence-corrected chi connectivity index (χ3v) is 5.76. The average Bonchev–Trinajstić information content (AvgIpc) is 2.78. The van der Waals surface area contributed by atoms with Gasteiger partial charge in [0.2, 0.25) is 0 Å². The quantitative estimate of drug-likeness (QED) is 0.617. The Balaban J connectivity index is 0.00000225. The number of carbonyl (C=O) groups excluding carboxylic acids is 1. The Morgan fingerprint density at radius 2 is 1.92 bits per heavy atom. The predicted octanol–water partition coefficient (Wildman–Crippen LogP) is 1.39. The molecule has 0 radical (unpaired) electrons. The van der Waals surface area contributed by atoms with Gasteiger partial charge in [-0.2, -0.15) is 0 Å². The number of nitro groups is 1. The minimum absolute atomic E-state index is 0. The Morgan fingerprint density at radius 1 is 1.24 bits per heavy atom. The van der Waals surface area contributed by atoms with E-state index in [9.17, 15) is 23.3 Å². The van der Waals surface area contributed by atoms with Gasteiger partial charge in [0.15, 0.2) is 9.84 Å². The van der Waals surface area contributed by atoms with Gasteiger partial charge in [0.05, 0.1) is 9.82 Å². The molecule has 1 amide bonds. The van der Waals surface area contributed by atoms with Gasteiger partial charge in [0.1, 0.15) is 0 Å². The fourth-order valence-corrected chi connectivity index (χ4v) is 4.17. The third kappa shape index (κ3) is 3.94. The molecule has 2 saturated heterocycles. The molecular formula is C15H20ClN3O5S. The highest BCUT2D eigenvalue weighted by molar-refractivity contribution is 7.90. The Bertz CT molecular complexity index is 784. The van der Waals surface area contributed by atoms with E-state index in [1.165, 1.54) is 6.07 Å². The third-order valence-electron chi connectivity index (χ3n) is 4.67. The van der Waals surface area contributed by atoms with Crippen LogP contribution in [0.15, 0.2) is 23.1 Å². The first-order valence-corrected chi connectivity index (χ1v) is 9.69. The van der Waals surface area contributed by atoms with Gasteiger partial charge in [-0.3, -0.25) is 14.9 Å². The zero-order chi connectivity index (χ0) is 17.5. The van der Waals surface area contributed by atoms with E-state index in [2.05, 4.69) is 5.32 Å². The van der Waals surface area contributed by atoms with Crippen molar-refractivity contribution in [1.82, 2.24) is 10.2 Å². The monoisotopic (exact) mass is 389 g/mol. The van der Waals surface area contributed by atoms with Crippen LogP contribution in [-0.4, -0.2) is 55.6 Å². The van der Waals surface area contributed by atoms with E-state index < -0.39 is 14.8 Å². The summed E-state index contributed by atoms with van der Waals surface area (Å²) in [5, 5.41) is 14.4. The van der Waals surface area contributed by atoms with E-state index in [-0.39, 0.29) is 46.5 Å². The van der Waals surface area contributed by atoms with E-state index >= 15 is 0 Å². The number of amides is 1. The van der Waals surface area contributed by atoms with Gasteiger partial charge in [-0.1, -0.05) is 0 Å². The molecule has 0 aliphatic carbocycles. The number of benzene rings is 1. The van der Waals surface area contributed by atoms with Crippen LogP contribution in [0.4, 0.5) is 5.69 Å². The molecule has 2 atom stereocenters. The molecule has 138 valence electrons. The number of halogens is 1. The van der Waals surface area contributed by atoms with E-state index in [4.69, 9.17) is 0 Å². The molecule has 10 heteroatoms. The van der Waals surface area contributed by atoms with Gasteiger partial charge in [-0.25, -0.2) is 8.42 Å². The van der Waals surface area contributed by atoms with Crippen LogP contribution < -0.4 is 5.32 Å². The number of nitrogens with zero attached hydrogens (tertiary/aromatic N) is 2. The van der Waals surface area contributed by atoms with E-state index in [0.717, 1.165) is 44.2 Å². The topological polar surface area (TPSA) is 110 Å². The van der Waals surface area contributed by atoms with Crippen LogP contribution >= 0.6 is 12.4 Å². The summed E-state index contributed by atoms with van der Waals surface area (Å²) in [6.07, 6.45) is 3.60. The first-order chi connectivity index (χ1) is 11.3. The molecule has 2 unspecified atom stereocenters. The van der Waals surface area contributed by atoms with Gasteiger partial charge in [-0.15, -0.1) is 12.4 Å². The molecule has 1 aromatic rings. The van der Waals surface area contributed by atoms with Crippen molar-refractivity contribution in [3.63, 3.8) is 0 Å². The molecule has 1 aromatic carbocycles. The maximum absolute atomic E-state index is 12.9. The fourth-order valence-electron chi connectivity index (χ4n) is 3.49. The maximum atomic E-state index is 12.9. The highest BCUT2D eigenvalue weighted by Crippen LogP contribution is 2.31. The first kappa shape index (κ1) is 19.6. The lowest BCUT2D eigenvalue weighted by molar-refractivity contribution is -0.385. The molecule has 3 rings (SSSR count). The smallest absolute Gasteiger partial charge is 0.271 e. The SMILES string of the molecule is CS(=O)(=O)c1cc(C(=O)N2C3CCNCC2CC3)cc([N+](=O)[O-])c1.Cl. The van der Waals surface area contributed by atoms with E-state index in [1.54, 1.807) is 4.90 Å². The summed E-state index contributed by atoms with van der Waals surface area (Å²) in [4.78, 5) is 24.9. The summed E-state index contributed by atoms with van der Waals surface area (Å²) in [6.45, 7) is 1.52. The van der Waals surface area contributed by atoms with Crippen molar-refractivity contribution in [3.8, 4) is 0 Å². The number of non-ortho nitro benzene ring substituents is 1. The number of nitrogens with one attached hydrogen (secondary N) is 1. The van der Waals surface area contributed by atoms with Crippen molar-refractivity contribution < 1.29 is 18.1 Å². The Labute approximate surface area is 152 Å². The van der Waals surface area contributed by atoms with Crippen molar-refractivity contribution in [2.45, 2.75) is 36.2 Å². The number of rotatable bonds is 3. The maximum Gasteiger partial charge on any atom is 0.271 e. The van der Waals surface area contributed by atoms with Crippen LogP contribution in [0, 0.1) is 10.1 Å². The second-order valence-corrected chi connectivity index (χ2v) is 8.35. The standard InChI is InChI=1S/C15H19N3O5S.ClH/c1-24(22,23)14-7-10(6-13(8-14)18(20)21)15(19)17-11-2-3-12(17)9-16-5-4-11;/h6-8,11-12,16H,2-5,9H2,1H3;1H. The van der Waals surface area contributed by atoms with Crippen molar-refractivity contribution in [1.29, 1.82) is 0 Å². The highest BCUT2D eigenvalue weighted by Gasteiger charge is 2.38. The van der Waals surface area contributed by atoms with Gasteiger partial charge < -0.3 is 10.2 Å². The second kappa shape index (κ2) is 7.27. The number of carbonyl (C=O) groups is 1. The molecule has 1 N–H and O–H groups in total. The summed E-state index contributed by atoms with van der Waals surface area (Å²) >= 11 is 0.